The smallest absolute Gasteiger partial charge is 0.328 e. The van der Waals surface area contributed by atoms with Gasteiger partial charge >= 0.3 is 12.0 Å². The van der Waals surface area contributed by atoms with E-state index in [1.165, 1.54) is 7.11 Å². The maximum absolute atomic E-state index is 12.0. The summed E-state index contributed by atoms with van der Waals surface area (Å²) in [6.07, 6.45) is 0.753. The molecule has 0 aliphatic carbocycles. The molecule has 2 amide bonds. The van der Waals surface area contributed by atoms with Gasteiger partial charge in [0.2, 0.25) is 0 Å². The molecule has 1 rings (SSSR count). The minimum atomic E-state index is -0.668. The molecule has 0 fully saturated rings. The summed E-state index contributed by atoms with van der Waals surface area (Å²) in [7, 11) is 2.88. The van der Waals surface area contributed by atoms with Crippen LogP contribution in [-0.2, 0) is 9.53 Å². The number of nitrogens with one attached hydrogen (secondary N) is 2. The molecule has 0 bridgehead atoms. The lowest BCUT2D eigenvalue weighted by molar-refractivity contribution is -0.144. The van der Waals surface area contributed by atoms with Gasteiger partial charge in [0.25, 0.3) is 0 Å². The number of carbonyl (C=O) groups excluding carboxylic acids is 2. The molecule has 0 saturated heterocycles. The highest BCUT2D eigenvalue weighted by molar-refractivity contribution is 5.92. The Kier molecular flexibility index (Phi) is 6.52. The number of rotatable bonds is 6. The zero-order valence-electron chi connectivity index (χ0n) is 12.8. The second-order valence-corrected chi connectivity index (χ2v) is 4.71. The van der Waals surface area contributed by atoms with Crippen LogP contribution in [0.4, 0.5) is 10.5 Å². The lowest BCUT2D eigenvalue weighted by Crippen LogP contribution is -2.47. The van der Waals surface area contributed by atoms with Gasteiger partial charge in [-0.15, -0.1) is 0 Å². The average Bonchev–Trinajstić information content (AvgIpc) is 2.51. The number of hydrogen-bond acceptors (Lipinski definition) is 4. The lowest BCUT2D eigenvalue weighted by Gasteiger charge is -2.22. The average molecular weight is 294 g/mol. The van der Waals surface area contributed by atoms with Crippen molar-refractivity contribution in [1.29, 1.82) is 0 Å². The number of carbonyl (C=O) groups is 2. The Morgan fingerprint density at radius 1 is 1.19 bits per heavy atom. The number of ether oxygens (including phenoxy) is 2. The summed E-state index contributed by atoms with van der Waals surface area (Å²) in [5.41, 5.74) is 0.612. The predicted octanol–water partition coefficient (Wildman–Crippen LogP) is 2.40. The molecule has 1 aromatic rings. The molecule has 0 aromatic heterocycles. The van der Waals surface area contributed by atoms with Crippen LogP contribution >= 0.6 is 0 Å². The number of methoxy groups -OCH3 is 2. The van der Waals surface area contributed by atoms with Crippen LogP contribution in [0.15, 0.2) is 24.3 Å². The fraction of sp³-hybridized carbons (Fsp3) is 0.467. The molecule has 0 radical (unpaired) electrons. The summed E-state index contributed by atoms with van der Waals surface area (Å²) in [6.45, 7) is 3.83. The van der Waals surface area contributed by atoms with Crippen molar-refractivity contribution < 1.29 is 19.1 Å². The fourth-order valence-electron chi connectivity index (χ4n) is 1.78. The molecular weight excluding hydrogens is 272 g/mol. The van der Waals surface area contributed by atoms with Crippen molar-refractivity contribution in [3.05, 3.63) is 24.3 Å². The third-order valence-corrected chi connectivity index (χ3v) is 3.30. The monoisotopic (exact) mass is 294 g/mol. The van der Waals surface area contributed by atoms with E-state index >= 15 is 0 Å². The minimum Gasteiger partial charge on any atom is -0.497 e. The second-order valence-electron chi connectivity index (χ2n) is 4.71. The molecule has 116 valence electrons. The highest BCUT2D eigenvalue weighted by Gasteiger charge is 2.26. The summed E-state index contributed by atoms with van der Waals surface area (Å²) >= 11 is 0. The molecule has 0 unspecified atom stereocenters. The zero-order chi connectivity index (χ0) is 15.8. The molecule has 0 aliphatic heterocycles. The first-order valence-electron chi connectivity index (χ1n) is 6.81. The van der Waals surface area contributed by atoms with Gasteiger partial charge in [-0.3, -0.25) is 0 Å². The van der Waals surface area contributed by atoms with Crippen molar-refractivity contribution in [3.63, 3.8) is 0 Å². The van der Waals surface area contributed by atoms with E-state index in [4.69, 9.17) is 9.47 Å². The van der Waals surface area contributed by atoms with Crippen molar-refractivity contribution in [2.45, 2.75) is 26.3 Å². The summed E-state index contributed by atoms with van der Waals surface area (Å²) < 4.78 is 9.76. The number of amides is 2. The maximum atomic E-state index is 12.0. The normalized spacial score (nSPS) is 13.0. The van der Waals surface area contributed by atoms with Crippen molar-refractivity contribution in [2.24, 2.45) is 5.92 Å². The first kappa shape index (κ1) is 16.8. The summed E-state index contributed by atoms with van der Waals surface area (Å²) in [4.78, 5) is 23.7. The third kappa shape index (κ3) is 4.98. The molecule has 0 heterocycles. The topological polar surface area (TPSA) is 76.7 Å². The van der Waals surface area contributed by atoms with E-state index in [0.717, 1.165) is 6.42 Å². The van der Waals surface area contributed by atoms with E-state index < -0.39 is 18.0 Å². The van der Waals surface area contributed by atoms with Crippen LogP contribution < -0.4 is 15.4 Å². The van der Waals surface area contributed by atoms with Crippen LogP contribution in [0.3, 0.4) is 0 Å². The summed E-state index contributed by atoms with van der Waals surface area (Å²) in [6, 6.07) is 5.79. The SMILES string of the molecule is CC[C@@H](C)[C@H](NC(=O)Nc1ccc(OC)cc1)C(=O)OC. The standard InChI is InChI=1S/C15H22N2O4/c1-5-10(2)13(14(18)21-4)17-15(19)16-11-6-8-12(20-3)9-7-11/h6-10,13H,5H2,1-4H3,(H2,16,17,19)/t10-,13+/m1/s1. The Morgan fingerprint density at radius 2 is 1.81 bits per heavy atom. The van der Waals surface area contributed by atoms with E-state index in [-0.39, 0.29) is 5.92 Å². The molecule has 0 spiro atoms. The van der Waals surface area contributed by atoms with Gasteiger partial charge in [0.15, 0.2) is 0 Å². The van der Waals surface area contributed by atoms with Crippen molar-refractivity contribution in [1.82, 2.24) is 5.32 Å². The minimum absolute atomic E-state index is 0.0148. The van der Waals surface area contributed by atoms with Gasteiger partial charge in [0, 0.05) is 5.69 Å². The Hall–Kier alpha value is -2.24. The van der Waals surface area contributed by atoms with Crippen LogP contribution in [0.1, 0.15) is 20.3 Å². The van der Waals surface area contributed by atoms with Gasteiger partial charge in [-0.25, -0.2) is 9.59 Å². The van der Waals surface area contributed by atoms with Crippen LogP contribution in [0.5, 0.6) is 5.75 Å². The Morgan fingerprint density at radius 3 is 2.29 bits per heavy atom. The molecule has 21 heavy (non-hydrogen) atoms. The maximum Gasteiger partial charge on any atom is 0.328 e. The Labute approximate surface area is 124 Å². The zero-order valence-corrected chi connectivity index (χ0v) is 12.8. The number of esters is 1. The van der Waals surface area contributed by atoms with E-state index in [9.17, 15) is 9.59 Å². The molecule has 6 heteroatoms. The van der Waals surface area contributed by atoms with E-state index in [2.05, 4.69) is 10.6 Å². The van der Waals surface area contributed by atoms with Crippen LogP contribution in [0.25, 0.3) is 0 Å². The Balaban J connectivity index is 2.66. The summed E-state index contributed by atoms with van der Waals surface area (Å²) in [5, 5.41) is 5.31. The molecule has 2 atom stereocenters. The lowest BCUT2D eigenvalue weighted by atomic mass is 9.99. The second kappa shape index (κ2) is 8.14. The van der Waals surface area contributed by atoms with Crippen molar-refractivity contribution in [3.8, 4) is 5.75 Å². The van der Waals surface area contributed by atoms with Gasteiger partial charge in [0.1, 0.15) is 11.8 Å². The van der Waals surface area contributed by atoms with Crippen molar-refractivity contribution in [2.75, 3.05) is 19.5 Å². The number of urea groups is 1. The molecule has 0 saturated carbocycles. The van der Waals surface area contributed by atoms with Gasteiger partial charge < -0.3 is 20.1 Å². The Bertz CT molecular complexity index is 473. The van der Waals surface area contributed by atoms with Gasteiger partial charge in [-0.2, -0.15) is 0 Å². The molecule has 1 aromatic carbocycles. The van der Waals surface area contributed by atoms with E-state index in [0.29, 0.717) is 11.4 Å². The quantitative estimate of drug-likeness (QED) is 0.790. The van der Waals surface area contributed by atoms with Gasteiger partial charge in [0.05, 0.1) is 14.2 Å². The molecular formula is C15H22N2O4. The molecule has 2 N–H and O–H groups in total. The van der Waals surface area contributed by atoms with Crippen LogP contribution in [0.2, 0.25) is 0 Å². The highest BCUT2D eigenvalue weighted by Crippen LogP contribution is 2.15. The van der Waals surface area contributed by atoms with Crippen LogP contribution in [0, 0.1) is 5.92 Å². The number of anilines is 1. The first-order valence-corrected chi connectivity index (χ1v) is 6.81. The predicted molar refractivity (Wildman–Crippen MR) is 80.4 cm³/mol. The van der Waals surface area contributed by atoms with Gasteiger partial charge in [-0.1, -0.05) is 20.3 Å². The third-order valence-electron chi connectivity index (χ3n) is 3.30. The number of benzene rings is 1. The van der Waals surface area contributed by atoms with E-state index in [1.807, 2.05) is 13.8 Å². The first-order chi connectivity index (χ1) is 10.0. The van der Waals surface area contributed by atoms with Crippen LogP contribution in [-0.4, -0.2) is 32.3 Å². The largest absolute Gasteiger partial charge is 0.497 e. The highest BCUT2D eigenvalue weighted by atomic mass is 16.5. The van der Waals surface area contributed by atoms with E-state index in [1.54, 1.807) is 31.4 Å². The van der Waals surface area contributed by atoms with Crippen molar-refractivity contribution >= 4 is 17.7 Å². The summed E-state index contributed by atoms with van der Waals surface area (Å²) in [5.74, 6) is 0.237. The number of hydrogen-bond donors (Lipinski definition) is 2. The molecule has 6 nitrogen and oxygen atoms in total. The fourth-order valence-corrected chi connectivity index (χ4v) is 1.78. The van der Waals surface area contributed by atoms with Gasteiger partial charge in [-0.05, 0) is 30.2 Å². The molecule has 0 aliphatic rings.